The van der Waals surface area contributed by atoms with Crippen LogP contribution in [0.3, 0.4) is 0 Å². The highest BCUT2D eigenvalue weighted by Gasteiger charge is 2.23. The van der Waals surface area contributed by atoms with Crippen LogP contribution in [-0.4, -0.2) is 10.9 Å². The SMILES string of the molecule is Cc1sc2c(c1C)/C(=N/O)CC2. The first-order valence-corrected chi connectivity index (χ1v) is 4.86. The van der Waals surface area contributed by atoms with Crippen LogP contribution in [0.1, 0.15) is 27.3 Å². The van der Waals surface area contributed by atoms with Crippen molar-refractivity contribution in [1.82, 2.24) is 0 Å². The molecule has 2 rings (SSSR count). The third-order valence-electron chi connectivity index (χ3n) is 2.46. The van der Waals surface area contributed by atoms with Crippen molar-refractivity contribution in [2.24, 2.45) is 5.16 Å². The number of nitrogens with zero attached hydrogens (tertiary/aromatic N) is 1. The zero-order chi connectivity index (χ0) is 8.72. The number of rotatable bonds is 0. The zero-order valence-electron chi connectivity index (χ0n) is 7.22. The predicted molar refractivity (Wildman–Crippen MR) is 50.4 cm³/mol. The molecule has 2 nitrogen and oxygen atoms in total. The summed E-state index contributed by atoms with van der Waals surface area (Å²) in [6.07, 6.45) is 1.95. The first kappa shape index (κ1) is 7.80. The average Bonchev–Trinajstić information content (AvgIpc) is 2.55. The highest BCUT2D eigenvalue weighted by molar-refractivity contribution is 7.12. The molecule has 0 saturated heterocycles. The van der Waals surface area contributed by atoms with Gasteiger partial charge in [0, 0.05) is 15.3 Å². The Morgan fingerprint density at radius 1 is 1.33 bits per heavy atom. The predicted octanol–water partition coefficient (Wildman–Crippen LogP) is 2.49. The second-order valence-corrected chi connectivity index (χ2v) is 4.44. The van der Waals surface area contributed by atoms with Crippen molar-refractivity contribution in [1.29, 1.82) is 0 Å². The number of hydrogen-bond acceptors (Lipinski definition) is 3. The van der Waals surface area contributed by atoms with Gasteiger partial charge in [0.1, 0.15) is 0 Å². The molecule has 1 aliphatic rings. The van der Waals surface area contributed by atoms with E-state index in [2.05, 4.69) is 19.0 Å². The molecule has 1 aliphatic carbocycles. The summed E-state index contributed by atoms with van der Waals surface area (Å²) in [5.41, 5.74) is 3.37. The molecule has 0 aromatic carbocycles. The fourth-order valence-electron chi connectivity index (χ4n) is 1.71. The van der Waals surface area contributed by atoms with Gasteiger partial charge in [0.2, 0.25) is 0 Å². The molecule has 0 atom stereocenters. The quantitative estimate of drug-likeness (QED) is 0.484. The molecule has 0 unspecified atom stereocenters. The van der Waals surface area contributed by atoms with E-state index in [1.807, 2.05) is 11.3 Å². The largest absolute Gasteiger partial charge is 0.411 e. The van der Waals surface area contributed by atoms with Gasteiger partial charge < -0.3 is 5.21 Å². The maximum absolute atomic E-state index is 8.74. The molecule has 3 heteroatoms. The smallest absolute Gasteiger partial charge is 0.0885 e. The Hall–Kier alpha value is -0.830. The summed E-state index contributed by atoms with van der Waals surface area (Å²) in [5.74, 6) is 0. The van der Waals surface area contributed by atoms with Gasteiger partial charge >= 0.3 is 0 Å². The molecule has 0 amide bonds. The highest BCUT2D eigenvalue weighted by atomic mass is 32.1. The van der Waals surface area contributed by atoms with E-state index in [1.165, 1.54) is 20.9 Å². The molecule has 0 radical (unpaired) electrons. The van der Waals surface area contributed by atoms with Crippen LogP contribution in [0.25, 0.3) is 0 Å². The molecule has 1 heterocycles. The lowest BCUT2D eigenvalue weighted by Crippen LogP contribution is -1.95. The van der Waals surface area contributed by atoms with E-state index >= 15 is 0 Å². The number of oxime groups is 1. The van der Waals surface area contributed by atoms with Crippen LogP contribution < -0.4 is 0 Å². The Bertz CT molecular complexity index is 352. The first-order valence-electron chi connectivity index (χ1n) is 4.04. The third kappa shape index (κ3) is 0.894. The van der Waals surface area contributed by atoms with Gasteiger partial charge in [0.05, 0.1) is 5.71 Å². The lowest BCUT2D eigenvalue weighted by molar-refractivity contribution is 0.318. The molecule has 1 aromatic rings. The molecule has 0 aliphatic heterocycles. The molecule has 1 aromatic heterocycles. The number of fused-ring (bicyclic) bond motifs is 1. The van der Waals surface area contributed by atoms with Crippen LogP contribution in [0.2, 0.25) is 0 Å². The van der Waals surface area contributed by atoms with Crippen LogP contribution in [-0.2, 0) is 6.42 Å². The molecular weight excluding hydrogens is 170 g/mol. The Kier molecular flexibility index (Phi) is 1.68. The summed E-state index contributed by atoms with van der Waals surface area (Å²) >= 11 is 1.83. The summed E-state index contributed by atoms with van der Waals surface area (Å²) in [7, 11) is 0. The molecule has 64 valence electrons. The van der Waals surface area contributed by atoms with Gasteiger partial charge in [-0.2, -0.15) is 0 Å². The minimum atomic E-state index is 0.867. The Morgan fingerprint density at radius 2 is 2.08 bits per heavy atom. The topological polar surface area (TPSA) is 32.6 Å². The van der Waals surface area contributed by atoms with E-state index in [0.717, 1.165) is 18.6 Å². The van der Waals surface area contributed by atoms with Gasteiger partial charge in [-0.05, 0) is 32.3 Å². The fourth-order valence-corrected chi connectivity index (χ4v) is 2.91. The Balaban J connectivity index is 2.63. The third-order valence-corrected chi connectivity index (χ3v) is 3.72. The van der Waals surface area contributed by atoms with E-state index < -0.39 is 0 Å². The zero-order valence-corrected chi connectivity index (χ0v) is 8.03. The molecular formula is C9H11NOS. The van der Waals surface area contributed by atoms with E-state index in [0.29, 0.717) is 0 Å². The monoisotopic (exact) mass is 181 g/mol. The minimum absolute atomic E-state index is 0.867. The van der Waals surface area contributed by atoms with Crippen LogP contribution in [0.15, 0.2) is 5.16 Å². The van der Waals surface area contributed by atoms with Gasteiger partial charge in [-0.3, -0.25) is 0 Å². The summed E-state index contributed by atoms with van der Waals surface area (Å²) in [6.45, 7) is 4.22. The standard InChI is InChI=1S/C9H11NOS/c1-5-6(2)12-8-4-3-7(10-11)9(5)8/h11H,3-4H2,1-2H3/b10-7+. The highest BCUT2D eigenvalue weighted by Crippen LogP contribution is 2.34. The molecule has 0 fully saturated rings. The van der Waals surface area contributed by atoms with Crippen LogP contribution in [0, 0.1) is 13.8 Å². The number of thiophene rings is 1. The number of aryl methyl sites for hydroxylation is 2. The molecule has 1 N–H and O–H groups in total. The maximum Gasteiger partial charge on any atom is 0.0885 e. The van der Waals surface area contributed by atoms with Gasteiger partial charge in [-0.25, -0.2) is 0 Å². The summed E-state index contributed by atoms with van der Waals surface area (Å²) in [4.78, 5) is 2.73. The van der Waals surface area contributed by atoms with Gasteiger partial charge in [-0.15, -0.1) is 11.3 Å². The summed E-state index contributed by atoms with van der Waals surface area (Å²) in [5, 5.41) is 12.1. The molecule has 0 saturated carbocycles. The second-order valence-electron chi connectivity index (χ2n) is 3.13. The first-order chi connectivity index (χ1) is 5.74. The molecule has 12 heavy (non-hydrogen) atoms. The minimum Gasteiger partial charge on any atom is -0.411 e. The van der Waals surface area contributed by atoms with E-state index in [-0.39, 0.29) is 0 Å². The normalized spacial score (nSPS) is 18.7. The molecule has 0 bridgehead atoms. The van der Waals surface area contributed by atoms with Crippen molar-refractivity contribution >= 4 is 17.0 Å². The second kappa shape index (κ2) is 2.59. The van der Waals surface area contributed by atoms with Crippen molar-refractivity contribution in [3.63, 3.8) is 0 Å². The summed E-state index contributed by atoms with van der Waals surface area (Å²) < 4.78 is 0. The van der Waals surface area contributed by atoms with Crippen molar-refractivity contribution in [2.45, 2.75) is 26.7 Å². The maximum atomic E-state index is 8.74. The Labute approximate surface area is 75.5 Å². The van der Waals surface area contributed by atoms with Gasteiger partial charge in [-0.1, -0.05) is 5.16 Å². The van der Waals surface area contributed by atoms with Crippen molar-refractivity contribution < 1.29 is 5.21 Å². The van der Waals surface area contributed by atoms with Crippen molar-refractivity contribution in [3.05, 3.63) is 20.9 Å². The lowest BCUT2D eigenvalue weighted by atomic mass is 10.1. The van der Waals surface area contributed by atoms with Crippen LogP contribution >= 0.6 is 11.3 Å². The van der Waals surface area contributed by atoms with E-state index in [9.17, 15) is 0 Å². The van der Waals surface area contributed by atoms with Gasteiger partial charge in [0.25, 0.3) is 0 Å². The lowest BCUT2D eigenvalue weighted by Gasteiger charge is -1.95. The van der Waals surface area contributed by atoms with E-state index in [1.54, 1.807) is 0 Å². The average molecular weight is 181 g/mol. The number of hydrogen-bond donors (Lipinski definition) is 1. The van der Waals surface area contributed by atoms with Crippen molar-refractivity contribution in [3.8, 4) is 0 Å². The summed E-state index contributed by atoms with van der Waals surface area (Å²) in [6, 6.07) is 0. The van der Waals surface area contributed by atoms with Crippen LogP contribution in [0.5, 0.6) is 0 Å². The Morgan fingerprint density at radius 3 is 2.75 bits per heavy atom. The fraction of sp³-hybridized carbons (Fsp3) is 0.444. The van der Waals surface area contributed by atoms with Crippen molar-refractivity contribution in [2.75, 3.05) is 0 Å². The van der Waals surface area contributed by atoms with Crippen LogP contribution in [0.4, 0.5) is 0 Å². The van der Waals surface area contributed by atoms with Gasteiger partial charge in [0.15, 0.2) is 0 Å². The molecule has 0 spiro atoms. The van der Waals surface area contributed by atoms with E-state index in [4.69, 9.17) is 5.21 Å².